The summed E-state index contributed by atoms with van der Waals surface area (Å²) in [6.07, 6.45) is 5.96. The SMILES string of the molecule is CCN(CC)c1ccc(NC2CCCC2C)cn1. The maximum absolute atomic E-state index is 4.55. The standard InChI is InChI=1S/C15H25N3/c1-4-18(5-2)15-10-9-13(11-16-15)17-14-8-6-7-12(14)3/h9-12,14,17H,4-8H2,1-3H3. The van der Waals surface area contributed by atoms with E-state index in [-0.39, 0.29) is 0 Å². The Labute approximate surface area is 111 Å². The fraction of sp³-hybridized carbons (Fsp3) is 0.667. The molecule has 0 radical (unpaired) electrons. The van der Waals surface area contributed by atoms with Crippen LogP contribution in [-0.2, 0) is 0 Å². The molecule has 100 valence electrons. The Bertz CT molecular complexity index is 357. The number of nitrogens with zero attached hydrogens (tertiary/aromatic N) is 2. The van der Waals surface area contributed by atoms with Crippen LogP contribution in [0, 0.1) is 5.92 Å². The fourth-order valence-electron chi connectivity index (χ4n) is 2.78. The summed E-state index contributed by atoms with van der Waals surface area (Å²) in [6.45, 7) is 8.68. The van der Waals surface area contributed by atoms with Crippen molar-refractivity contribution in [3.63, 3.8) is 0 Å². The van der Waals surface area contributed by atoms with Crippen molar-refractivity contribution in [3.05, 3.63) is 18.3 Å². The van der Waals surface area contributed by atoms with Gasteiger partial charge in [-0.15, -0.1) is 0 Å². The van der Waals surface area contributed by atoms with Gasteiger partial charge in [0.15, 0.2) is 0 Å². The molecule has 0 amide bonds. The van der Waals surface area contributed by atoms with Gasteiger partial charge in [-0.05, 0) is 44.7 Å². The van der Waals surface area contributed by atoms with Crippen LogP contribution < -0.4 is 10.2 Å². The first-order chi connectivity index (χ1) is 8.74. The van der Waals surface area contributed by atoms with Gasteiger partial charge in [-0.3, -0.25) is 0 Å². The Morgan fingerprint density at radius 2 is 2.06 bits per heavy atom. The lowest BCUT2D eigenvalue weighted by Crippen LogP contribution is -2.24. The summed E-state index contributed by atoms with van der Waals surface area (Å²) < 4.78 is 0. The summed E-state index contributed by atoms with van der Waals surface area (Å²) in [4.78, 5) is 6.82. The molecule has 1 aromatic rings. The van der Waals surface area contributed by atoms with Gasteiger partial charge in [-0.2, -0.15) is 0 Å². The minimum atomic E-state index is 0.631. The molecule has 0 spiro atoms. The molecular formula is C15H25N3. The molecule has 1 aliphatic carbocycles. The van der Waals surface area contributed by atoms with Gasteiger partial charge in [0.2, 0.25) is 0 Å². The Morgan fingerprint density at radius 1 is 1.28 bits per heavy atom. The number of rotatable bonds is 5. The molecule has 1 aliphatic rings. The van der Waals surface area contributed by atoms with Crippen molar-refractivity contribution in [2.24, 2.45) is 5.92 Å². The molecule has 1 saturated carbocycles. The van der Waals surface area contributed by atoms with Crippen LogP contribution in [0.25, 0.3) is 0 Å². The highest BCUT2D eigenvalue weighted by Gasteiger charge is 2.22. The minimum absolute atomic E-state index is 0.631. The largest absolute Gasteiger partial charge is 0.381 e. The van der Waals surface area contributed by atoms with Gasteiger partial charge in [0.1, 0.15) is 5.82 Å². The second-order valence-corrected chi connectivity index (χ2v) is 5.24. The van der Waals surface area contributed by atoms with Crippen LogP contribution in [-0.4, -0.2) is 24.1 Å². The smallest absolute Gasteiger partial charge is 0.128 e. The first-order valence-electron chi connectivity index (χ1n) is 7.22. The lowest BCUT2D eigenvalue weighted by molar-refractivity contribution is 0.556. The number of nitrogens with one attached hydrogen (secondary N) is 1. The third-order valence-electron chi connectivity index (χ3n) is 4.05. The van der Waals surface area contributed by atoms with E-state index in [0.717, 1.165) is 30.5 Å². The summed E-state index contributed by atoms with van der Waals surface area (Å²) in [5.74, 6) is 1.86. The number of anilines is 2. The van der Waals surface area contributed by atoms with Crippen LogP contribution in [0.5, 0.6) is 0 Å². The third-order valence-corrected chi connectivity index (χ3v) is 4.05. The number of aromatic nitrogens is 1. The van der Waals surface area contributed by atoms with E-state index in [1.807, 2.05) is 6.20 Å². The molecule has 0 saturated heterocycles. The molecule has 0 aromatic carbocycles. The molecule has 0 bridgehead atoms. The Morgan fingerprint density at radius 3 is 2.56 bits per heavy atom. The molecule has 0 aliphatic heterocycles. The molecule has 18 heavy (non-hydrogen) atoms. The maximum Gasteiger partial charge on any atom is 0.128 e. The van der Waals surface area contributed by atoms with Crippen LogP contribution in [0.3, 0.4) is 0 Å². The molecule has 1 fully saturated rings. The topological polar surface area (TPSA) is 28.2 Å². The van der Waals surface area contributed by atoms with E-state index in [1.165, 1.54) is 19.3 Å². The first-order valence-corrected chi connectivity index (χ1v) is 7.22. The van der Waals surface area contributed by atoms with E-state index in [0.29, 0.717) is 6.04 Å². The quantitative estimate of drug-likeness (QED) is 0.862. The zero-order valence-electron chi connectivity index (χ0n) is 11.8. The minimum Gasteiger partial charge on any atom is -0.381 e. The lowest BCUT2D eigenvalue weighted by Gasteiger charge is -2.21. The van der Waals surface area contributed by atoms with Gasteiger partial charge in [0.25, 0.3) is 0 Å². The average Bonchev–Trinajstić information content (AvgIpc) is 2.79. The van der Waals surface area contributed by atoms with Gasteiger partial charge in [-0.1, -0.05) is 13.3 Å². The summed E-state index contributed by atoms with van der Waals surface area (Å²) in [7, 11) is 0. The van der Waals surface area contributed by atoms with Crippen LogP contribution in [0.1, 0.15) is 40.0 Å². The third kappa shape index (κ3) is 2.95. The maximum atomic E-state index is 4.55. The molecule has 2 atom stereocenters. The number of pyridine rings is 1. The molecule has 3 nitrogen and oxygen atoms in total. The van der Waals surface area contributed by atoms with Gasteiger partial charge in [-0.25, -0.2) is 4.98 Å². The van der Waals surface area contributed by atoms with Gasteiger partial charge >= 0.3 is 0 Å². The van der Waals surface area contributed by atoms with Crippen molar-refractivity contribution in [1.82, 2.24) is 4.98 Å². The van der Waals surface area contributed by atoms with Crippen molar-refractivity contribution in [2.45, 2.75) is 46.1 Å². The zero-order valence-corrected chi connectivity index (χ0v) is 11.8. The van der Waals surface area contributed by atoms with Crippen LogP contribution in [0.2, 0.25) is 0 Å². The average molecular weight is 247 g/mol. The summed E-state index contributed by atoms with van der Waals surface area (Å²) in [5.41, 5.74) is 1.16. The van der Waals surface area contributed by atoms with E-state index < -0.39 is 0 Å². The van der Waals surface area contributed by atoms with Crippen molar-refractivity contribution in [1.29, 1.82) is 0 Å². The second-order valence-electron chi connectivity index (χ2n) is 5.24. The van der Waals surface area contributed by atoms with E-state index in [1.54, 1.807) is 0 Å². The van der Waals surface area contributed by atoms with Crippen molar-refractivity contribution >= 4 is 11.5 Å². The molecule has 2 rings (SSSR count). The van der Waals surface area contributed by atoms with Gasteiger partial charge in [0, 0.05) is 19.1 Å². The Kier molecular flexibility index (Phi) is 4.45. The zero-order chi connectivity index (χ0) is 13.0. The summed E-state index contributed by atoms with van der Waals surface area (Å²) in [5, 5.41) is 3.61. The van der Waals surface area contributed by atoms with Crippen molar-refractivity contribution < 1.29 is 0 Å². The summed E-state index contributed by atoms with van der Waals surface area (Å²) >= 11 is 0. The molecule has 3 heteroatoms. The second kappa shape index (κ2) is 6.07. The van der Waals surface area contributed by atoms with E-state index in [2.05, 4.69) is 48.1 Å². The van der Waals surface area contributed by atoms with Crippen LogP contribution >= 0.6 is 0 Å². The molecule has 1 heterocycles. The lowest BCUT2D eigenvalue weighted by atomic mass is 10.1. The molecular weight excluding hydrogens is 222 g/mol. The monoisotopic (exact) mass is 247 g/mol. The van der Waals surface area contributed by atoms with Crippen molar-refractivity contribution in [3.8, 4) is 0 Å². The Hall–Kier alpha value is -1.25. The normalized spacial score (nSPS) is 23.1. The highest BCUT2D eigenvalue weighted by Crippen LogP contribution is 2.28. The van der Waals surface area contributed by atoms with Crippen LogP contribution in [0.15, 0.2) is 18.3 Å². The predicted molar refractivity (Wildman–Crippen MR) is 78.2 cm³/mol. The van der Waals surface area contributed by atoms with E-state index in [9.17, 15) is 0 Å². The van der Waals surface area contributed by atoms with Crippen LogP contribution in [0.4, 0.5) is 11.5 Å². The summed E-state index contributed by atoms with van der Waals surface area (Å²) in [6, 6.07) is 4.91. The molecule has 1 N–H and O–H groups in total. The molecule has 1 aromatic heterocycles. The highest BCUT2D eigenvalue weighted by molar-refractivity contribution is 5.49. The van der Waals surface area contributed by atoms with E-state index >= 15 is 0 Å². The number of hydrogen-bond acceptors (Lipinski definition) is 3. The fourth-order valence-corrected chi connectivity index (χ4v) is 2.78. The van der Waals surface area contributed by atoms with Crippen molar-refractivity contribution in [2.75, 3.05) is 23.3 Å². The van der Waals surface area contributed by atoms with E-state index in [4.69, 9.17) is 0 Å². The molecule has 2 unspecified atom stereocenters. The first kappa shape index (κ1) is 13.2. The highest BCUT2D eigenvalue weighted by atomic mass is 15.2. The Balaban J connectivity index is 1.99. The number of hydrogen-bond donors (Lipinski definition) is 1. The van der Waals surface area contributed by atoms with Gasteiger partial charge < -0.3 is 10.2 Å². The predicted octanol–water partition coefficient (Wildman–Crippen LogP) is 3.53. The van der Waals surface area contributed by atoms with Gasteiger partial charge in [0.05, 0.1) is 11.9 Å².